The lowest BCUT2D eigenvalue weighted by atomic mass is 9.80. The zero-order chi connectivity index (χ0) is 16.5. The van der Waals surface area contributed by atoms with Gasteiger partial charge in [-0.3, -0.25) is 9.63 Å². The van der Waals surface area contributed by atoms with E-state index in [1.54, 1.807) is 12.0 Å². The smallest absolute Gasteiger partial charge is 0.223 e. The Balaban J connectivity index is 1.99. The van der Waals surface area contributed by atoms with E-state index in [9.17, 15) is 4.79 Å². The van der Waals surface area contributed by atoms with Gasteiger partial charge >= 0.3 is 0 Å². The third-order valence-corrected chi connectivity index (χ3v) is 5.04. The minimum absolute atomic E-state index is 0.125. The Hall–Kier alpha value is -0.360. The molecule has 22 heavy (non-hydrogen) atoms. The predicted octanol–water partition coefficient (Wildman–Crippen LogP) is 2.77. The molecule has 2 saturated heterocycles. The normalized spacial score (nSPS) is 27.4. The van der Waals surface area contributed by atoms with Crippen molar-refractivity contribution in [1.82, 2.24) is 9.96 Å². The van der Waals surface area contributed by atoms with E-state index in [0.717, 1.165) is 25.8 Å². The summed E-state index contributed by atoms with van der Waals surface area (Å²) in [5, 5.41) is 2.05. The number of halogens is 1. The van der Waals surface area contributed by atoms with E-state index >= 15 is 0 Å². The van der Waals surface area contributed by atoms with Gasteiger partial charge in [0, 0.05) is 31.2 Å². The van der Waals surface area contributed by atoms with Crippen LogP contribution in [0.3, 0.4) is 0 Å². The first-order valence-electron chi connectivity index (χ1n) is 8.07. The highest BCUT2D eigenvalue weighted by Gasteiger charge is 2.47. The van der Waals surface area contributed by atoms with E-state index in [2.05, 4.69) is 27.7 Å². The average molecular weight is 333 g/mol. The molecule has 0 N–H and O–H groups in total. The van der Waals surface area contributed by atoms with Crippen LogP contribution in [0.2, 0.25) is 0 Å². The number of piperidine rings is 1. The van der Waals surface area contributed by atoms with E-state index in [1.165, 1.54) is 0 Å². The van der Waals surface area contributed by atoms with Gasteiger partial charge in [-0.2, -0.15) is 5.06 Å². The SMILES string of the molecule is COC1CC(C)(C)N(OCC(Cl)N2CCCC2=O)C(C)(C)C1. The topological polar surface area (TPSA) is 42.0 Å². The fraction of sp³-hybridized carbons (Fsp3) is 0.938. The summed E-state index contributed by atoms with van der Waals surface area (Å²) >= 11 is 6.37. The summed E-state index contributed by atoms with van der Waals surface area (Å²) in [7, 11) is 1.77. The number of alkyl halides is 1. The molecule has 0 aromatic heterocycles. The van der Waals surface area contributed by atoms with E-state index in [0.29, 0.717) is 13.0 Å². The second-order valence-corrected chi connectivity index (χ2v) is 8.11. The molecule has 1 amide bonds. The quantitative estimate of drug-likeness (QED) is 0.573. The molecule has 5 nitrogen and oxygen atoms in total. The van der Waals surface area contributed by atoms with Gasteiger partial charge in [-0.25, -0.2) is 0 Å². The summed E-state index contributed by atoms with van der Waals surface area (Å²) in [6.45, 7) is 9.68. The van der Waals surface area contributed by atoms with Crippen LogP contribution in [0.4, 0.5) is 0 Å². The van der Waals surface area contributed by atoms with Gasteiger partial charge in [0.25, 0.3) is 0 Å². The van der Waals surface area contributed by atoms with E-state index in [-0.39, 0.29) is 23.1 Å². The van der Waals surface area contributed by atoms with E-state index < -0.39 is 5.50 Å². The van der Waals surface area contributed by atoms with Gasteiger partial charge in [-0.1, -0.05) is 11.6 Å². The van der Waals surface area contributed by atoms with Crippen LogP contribution < -0.4 is 0 Å². The van der Waals surface area contributed by atoms with Crippen molar-refractivity contribution in [1.29, 1.82) is 0 Å². The van der Waals surface area contributed by atoms with Gasteiger partial charge in [0.2, 0.25) is 5.91 Å². The molecule has 1 unspecified atom stereocenters. The maximum Gasteiger partial charge on any atom is 0.223 e. The number of rotatable bonds is 5. The molecule has 0 saturated carbocycles. The van der Waals surface area contributed by atoms with Crippen molar-refractivity contribution in [3.05, 3.63) is 0 Å². The van der Waals surface area contributed by atoms with Crippen LogP contribution >= 0.6 is 11.6 Å². The maximum absolute atomic E-state index is 11.8. The summed E-state index contributed by atoms with van der Waals surface area (Å²) in [4.78, 5) is 19.6. The van der Waals surface area contributed by atoms with Crippen molar-refractivity contribution in [3.63, 3.8) is 0 Å². The number of hydroxylamine groups is 2. The average Bonchev–Trinajstić information content (AvgIpc) is 2.82. The van der Waals surface area contributed by atoms with Crippen LogP contribution in [0, 0.1) is 0 Å². The number of nitrogens with zero attached hydrogens (tertiary/aromatic N) is 2. The molecule has 128 valence electrons. The number of carbonyl (C=O) groups is 1. The largest absolute Gasteiger partial charge is 0.381 e. The zero-order valence-corrected chi connectivity index (χ0v) is 15.2. The van der Waals surface area contributed by atoms with Crippen LogP contribution in [0.25, 0.3) is 0 Å². The number of amides is 1. The van der Waals surface area contributed by atoms with Gasteiger partial charge < -0.3 is 9.64 Å². The number of methoxy groups -OCH3 is 1. The van der Waals surface area contributed by atoms with Crippen molar-refractivity contribution < 1.29 is 14.4 Å². The third kappa shape index (κ3) is 3.75. The van der Waals surface area contributed by atoms with E-state index in [4.69, 9.17) is 21.2 Å². The van der Waals surface area contributed by atoms with Crippen molar-refractivity contribution in [2.75, 3.05) is 20.3 Å². The Morgan fingerprint density at radius 3 is 2.32 bits per heavy atom. The molecule has 0 aromatic rings. The fourth-order valence-electron chi connectivity index (χ4n) is 3.88. The molecular formula is C16H29ClN2O3. The lowest BCUT2D eigenvalue weighted by Crippen LogP contribution is -2.62. The summed E-state index contributed by atoms with van der Waals surface area (Å²) in [5.74, 6) is 0.125. The van der Waals surface area contributed by atoms with Gasteiger partial charge in [-0.05, 0) is 47.0 Å². The Bertz CT molecular complexity index is 396. The molecule has 1 atom stereocenters. The highest BCUT2D eigenvalue weighted by molar-refractivity contribution is 6.21. The van der Waals surface area contributed by atoms with Crippen LogP contribution in [0.5, 0.6) is 0 Å². The molecule has 6 heteroatoms. The standard InChI is InChI=1S/C16H29ClN2O3/c1-15(2)9-12(21-5)10-16(3,4)19(15)22-11-13(17)18-8-6-7-14(18)20/h12-13H,6-11H2,1-5H3. The van der Waals surface area contributed by atoms with Crippen LogP contribution in [0.1, 0.15) is 53.4 Å². The van der Waals surface area contributed by atoms with Crippen LogP contribution in [-0.4, -0.2) is 58.8 Å². The van der Waals surface area contributed by atoms with Gasteiger partial charge in [0.1, 0.15) is 12.1 Å². The van der Waals surface area contributed by atoms with Crippen molar-refractivity contribution in [2.45, 2.75) is 76.1 Å². The third-order valence-electron chi connectivity index (χ3n) is 4.68. The second-order valence-electron chi connectivity index (χ2n) is 7.61. The fourth-order valence-corrected chi connectivity index (χ4v) is 4.14. The van der Waals surface area contributed by atoms with Gasteiger partial charge in [0.15, 0.2) is 0 Å². The molecule has 2 fully saturated rings. The second kappa shape index (κ2) is 6.63. The maximum atomic E-state index is 11.8. The van der Waals surface area contributed by atoms with E-state index in [1.807, 2.05) is 5.06 Å². The lowest BCUT2D eigenvalue weighted by molar-refractivity contribution is -0.295. The Labute approximate surface area is 138 Å². The number of ether oxygens (including phenoxy) is 1. The highest BCUT2D eigenvalue weighted by atomic mass is 35.5. The van der Waals surface area contributed by atoms with Gasteiger partial charge in [0.05, 0.1) is 6.10 Å². The van der Waals surface area contributed by atoms with Crippen LogP contribution in [-0.2, 0) is 14.4 Å². The number of likely N-dealkylation sites (tertiary alicyclic amines) is 1. The van der Waals surface area contributed by atoms with Gasteiger partial charge in [-0.15, -0.1) is 0 Å². The number of carbonyl (C=O) groups excluding carboxylic acids is 1. The molecule has 0 bridgehead atoms. The van der Waals surface area contributed by atoms with Crippen molar-refractivity contribution >= 4 is 17.5 Å². The van der Waals surface area contributed by atoms with Crippen molar-refractivity contribution in [3.8, 4) is 0 Å². The van der Waals surface area contributed by atoms with Crippen LogP contribution in [0.15, 0.2) is 0 Å². The minimum atomic E-state index is -0.401. The molecule has 0 spiro atoms. The Morgan fingerprint density at radius 2 is 1.86 bits per heavy atom. The monoisotopic (exact) mass is 332 g/mol. The minimum Gasteiger partial charge on any atom is -0.381 e. The summed E-state index contributed by atoms with van der Waals surface area (Å²) in [5.41, 5.74) is -0.691. The first-order chi connectivity index (χ1) is 10.2. The molecule has 2 aliphatic rings. The molecule has 0 aliphatic carbocycles. The zero-order valence-electron chi connectivity index (χ0n) is 14.4. The number of hydrogen-bond acceptors (Lipinski definition) is 4. The Morgan fingerprint density at radius 1 is 1.27 bits per heavy atom. The Kier molecular flexibility index (Phi) is 5.42. The first kappa shape index (κ1) is 18.0. The highest BCUT2D eigenvalue weighted by Crippen LogP contribution is 2.39. The molecule has 2 heterocycles. The molecule has 0 aromatic carbocycles. The summed E-state index contributed by atoms with van der Waals surface area (Å²) < 4.78 is 5.57. The summed E-state index contributed by atoms with van der Waals surface area (Å²) in [6.07, 6.45) is 3.53. The van der Waals surface area contributed by atoms with Crippen molar-refractivity contribution in [2.24, 2.45) is 0 Å². The molecule has 2 aliphatic heterocycles. The lowest BCUT2D eigenvalue weighted by Gasteiger charge is -2.53. The summed E-state index contributed by atoms with van der Waals surface area (Å²) in [6, 6.07) is 0. The number of hydrogen-bond donors (Lipinski definition) is 0. The molecule has 2 rings (SSSR count). The molecular weight excluding hydrogens is 304 g/mol. The molecule has 0 radical (unpaired) electrons. The first-order valence-corrected chi connectivity index (χ1v) is 8.50. The predicted molar refractivity (Wildman–Crippen MR) is 86.6 cm³/mol.